The zero-order chi connectivity index (χ0) is 19.3. The van der Waals surface area contributed by atoms with Gasteiger partial charge in [0.25, 0.3) is 32.1 Å². The van der Waals surface area contributed by atoms with Gasteiger partial charge in [-0.05, 0) is 24.6 Å². The van der Waals surface area contributed by atoms with Gasteiger partial charge in [-0.3, -0.25) is 18.7 Å². The molecule has 140 valence electrons. The van der Waals surface area contributed by atoms with Crippen molar-refractivity contribution in [2.45, 2.75) is 6.92 Å². The molecule has 0 fully saturated rings. The van der Waals surface area contributed by atoms with E-state index >= 15 is 0 Å². The highest BCUT2D eigenvalue weighted by atomic mass is 32.2. The molecule has 0 unspecified atom stereocenters. The lowest BCUT2D eigenvalue weighted by atomic mass is 10.2. The first-order valence-corrected chi connectivity index (χ1v) is 10.0. The molecule has 1 rings (SSSR count). The van der Waals surface area contributed by atoms with Crippen molar-refractivity contribution >= 4 is 32.1 Å². The van der Waals surface area contributed by atoms with E-state index in [1.807, 2.05) is 0 Å². The van der Waals surface area contributed by atoms with Gasteiger partial charge in [0, 0.05) is 13.1 Å². The van der Waals surface area contributed by atoms with Crippen molar-refractivity contribution in [2.24, 2.45) is 0 Å². The molecule has 0 atom stereocenters. The van der Waals surface area contributed by atoms with Crippen LogP contribution in [0.1, 0.15) is 26.5 Å². The molecule has 0 saturated carbocycles. The molecule has 25 heavy (non-hydrogen) atoms. The van der Waals surface area contributed by atoms with Gasteiger partial charge in [-0.25, -0.2) is 4.98 Å². The number of carbonyl (C=O) groups is 2. The lowest BCUT2D eigenvalue weighted by molar-refractivity contribution is 0.0947. The number of rotatable bonds is 8. The van der Waals surface area contributed by atoms with Gasteiger partial charge in [0.05, 0.1) is 11.5 Å². The van der Waals surface area contributed by atoms with Gasteiger partial charge in [0.1, 0.15) is 11.4 Å². The predicted octanol–water partition coefficient (Wildman–Crippen LogP) is -1.37. The molecular formula is C12H17N3O8S2. The first-order valence-electron chi connectivity index (χ1n) is 6.83. The summed E-state index contributed by atoms with van der Waals surface area (Å²) in [7, 11) is -8.45. The molecule has 1 aromatic heterocycles. The molecule has 11 nitrogen and oxygen atoms in total. The van der Waals surface area contributed by atoms with Crippen LogP contribution in [-0.2, 0) is 20.2 Å². The summed E-state index contributed by atoms with van der Waals surface area (Å²) in [5.74, 6) is -2.85. The molecule has 0 saturated heterocycles. The minimum absolute atomic E-state index is 0.157. The Labute approximate surface area is 144 Å². The molecule has 2 amide bonds. The minimum Gasteiger partial charge on any atom is -0.350 e. The van der Waals surface area contributed by atoms with Crippen molar-refractivity contribution in [1.82, 2.24) is 15.6 Å². The highest BCUT2D eigenvalue weighted by Crippen LogP contribution is 2.05. The predicted molar refractivity (Wildman–Crippen MR) is 86.5 cm³/mol. The van der Waals surface area contributed by atoms with E-state index < -0.39 is 43.6 Å². The van der Waals surface area contributed by atoms with Gasteiger partial charge in [0.15, 0.2) is 0 Å². The van der Waals surface area contributed by atoms with E-state index in [2.05, 4.69) is 15.6 Å². The molecule has 4 N–H and O–H groups in total. The van der Waals surface area contributed by atoms with Crippen LogP contribution in [0.25, 0.3) is 0 Å². The summed E-state index contributed by atoms with van der Waals surface area (Å²) in [4.78, 5) is 27.6. The van der Waals surface area contributed by atoms with Crippen LogP contribution in [0.15, 0.2) is 12.1 Å². The van der Waals surface area contributed by atoms with Crippen LogP contribution >= 0.6 is 0 Å². The molecule has 0 aromatic carbocycles. The average molecular weight is 395 g/mol. The smallest absolute Gasteiger partial charge is 0.269 e. The lowest BCUT2D eigenvalue weighted by Gasteiger charge is -2.08. The van der Waals surface area contributed by atoms with E-state index in [-0.39, 0.29) is 24.5 Å². The summed E-state index contributed by atoms with van der Waals surface area (Å²) >= 11 is 0. The van der Waals surface area contributed by atoms with Crippen molar-refractivity contribution < 1.29 is 35.5 Å². The molecule has 0 aliphatic heterocycles. The number of carbonyl (C=O) groups excluding carboxylic acids is 2. The van der Waals surface area contributed by atoms with Crippen LogP contribution in [0.5, 0.6) is 0 Å². The Kier molecular flexibility index (Phi) is 6.98. The van der Waals surface area contributed by atoms with Crippen molar-refractivity contribution in [1.29, 1.82) is 0 Å². The van der Waals surface area contributed by atoms with Gasteiger partial charge in [-0.2, -0.15) is 16.8 Å². The number of aryl methyl sites for hydroxylation is 1. The molecule has 13 heteroatoms. The first-order chi connectivity index (χ1) is 11.4. The third kappa shape index (κ3) is 8.53. The molecule has 0 aliphatic rings. The van der Waals surface area contributed by atoms with Crippen LogP contribution in [0, 0.1) is 6.92 Å². The highest BCUT2D eigenvalue weighted by molar-refractivity contribution is 7.86. The molecule has 0 bridgehead atoms. The van der Waals surface area contributed by atoms with Crippen LogP contribution in [-0.4, -0.2) is 67.3 Å². The van der Waals surface area contributed by atoms with Crippen LogP contribution < -0.4 is 10.6 Å². The monoisotopic (exact) mass is 395 g/mol. The number of amides is 2. The van der Waals surface area contributed by atoms with Gasteiger partial charge >= 0.3 is 0 Å². The summed E-state index contributed by atoms with van der Waals surface area (Å²) in [6, 6.07) is 2.72. The number of hydrogen-bond donors (Lipinski definition) is 4. The Morgan fingerprint density at radius 3 is 1.60 bits per heavy atom. The number of nitrogens with one attached hydrogen (secondary N) is 2. The maximum absolute atomic E-state index is 11.9. The minimum atomic E-state index is -4.22. The van der Waals surface area contributed by atoms with Gasteiger partial charge in [-0.1, -0.05) is 0 Å². The first kappa shape index (κ1) is 21.0. The number of aromatic nitrogens is 1. The zero-order valence-corrected chi connectivity index (χ0v) is 14.7. The van der Waals surface area contributed by atoms with Gasteiger partial charge in [-0.15, -0.1) is 0 Å². The van der Waals surface area contributed by atoms with E-state index in [1.165, 1.54) is 12.1 Å². The Morgan fingerprint density at radius 2 is 1.28 bits per heavy atom. The Bertz CT molecular complexity index is 796. The summed E-state index contributed by atoms with van der Waals surface area (Å²) in [6.07, 6.45) is 0. The fraction of sp³-hybridized carbons (Fsp3) is 0.417. The maximum Gasteiger partial charge on any atom is 0.269 e. The third-order valence-electron chi connectivity index (χ3n) is 2.73. The highest BCUT2D eigenvalue weighted by Gasteiger charge is 2.15. The van der Waals surface area contributed by atoms with Crippen molar-refractivity contribution in [3.05, 3.63) is 29.1 Å². The molecule has 0 spiro atoms. The Hall–Kier alpha value is -2.09. The summed E-state index contributed by atoms with van der Waals surface area (Å²) < 4.78 is 59.6. The second-order valence-electron chi connectivity index (χ2n) is 5.00. The summed E-state index contributed by atoms with van der Waals surface area (Å²) in [6.45, 7) is 0.901. The van der Waals surface area contributed by atoms with Crippen LogP contribution in [0.4, 0.5) is 0 Å². The summed E-state index contributed by atoms with van der Waals surface area (Å²) in [5, 5.41) is 4.45. The van der Waals surface area contributed by atoms with Crippen molar-refractivity contribution in [3.63, 3.8) is 0 Å². The molecule has 0 aliphatic carbocycles. The standard InChI is InChI=1S/C12H17N3O8S2/c1-8-6-9(11(16)13-2-4-24(18,19)20)15-10(7-8)12(17)14-3-5-25(21,22)23/h6-7H,2-5H2,1H3,(H,13,16)(H,14,17)(H,18,19,20)(H,21,22,23). The third-order valence-corrected chi connectivity index (χ3v) is 4.17. The molecule has 1 heterocycles. The average Bonchev–Trinajstić information content (AvgIpc) is 2.43. The Balaban J connectivity index is 2.77. The second kappa shape index (κ2) is 8.33. The van der Waals surface area contributed by atoms with Gasteiger partial charge in [0.2, 0.25) is 0 Å². The second-order valence-corrected chi connectivity index (χ2v) is 8.14. The molecule has 0 radical (unpaired) electrons. The maximum atomic E-state index is 11.9. The molecular weight excluding hydrogens is 378 g/mol. The molecule has 1 aromatic rings. The quantitative estimate of drug-likeness (QED) is 0.386. The zero-order valence-electron chi connectivity index (χ0n) is 13.1. The normalized spacial score (nSPS) is 11.8. The Morgan fingerprint density at radius 1 is 0.920 bits per heavy atom. The van der Waals surface area contributed by atoms with Gasteiger partial charge < -0.3 is 10.6 Å². The van der Waals surface area contributed by atoms with Crippen LogP contribution in [0.3, 0.4) is 0 Å². The fourth-order valence-electron chi connectivity index (χ4n) is 1.67. The largest absolute Gasteiger partial charge is 0.350 e. The van der Waals surface area contributed by atoms with E-state index in [4.69, 9.17) is 9.11 Å². The number of pyridine rings is 1. The van der Waals surface area contributed by atoms with E-state index in [1.54, 1.807) is 6.92 Å². The lowest BCUT2D eigenvalue weighted by Crippen LogP contribution is -2.32. The van der Waals surface area contributed by atoms with Crippen molar-refractivity contribution in [3.8, 4) is 0 Å². The van der Waals surface area contributed by atoms with Crippen LogP contribution in [0.2, 0.25) is 0 Å². The summed E-state index contributed by atoms with van der Waals surface area (Å²) in [5.41, 5.74) is 0.195. The number of hydrogen-bond acceptors (Lipinski definition) is 7. The topological polar surface area (TPSA) is 180 Å². The van der Waals surface area contributed by atoms with E-state index in [0.29, 0.717) is 5.56 Å². The van der Waals surface area contributed by atoms with Crippen molar-refractivity contribution in [2.75, 3.05) is 24.6 Å². The SMILES string of the molecule is Cc1cc(C(=O)NCCS(=O)(=O)O)nc(C(=O)NCCS(=O)(=O)O)c1. The van der Waals surface area contributed by atoms with E-state index in [0.717, 1.165) is 0 Å². The number of nitrogens with zero attached hydrogens (tertiary/aromatic N) is 1. The fourth-order valence-corrected chi connectivity index (χ4v) is 2.39. The van der Waals surface area contributed by atoms with E-state index in [9.17, 15) is 26.4 Å².